The number of nitrogens with zero attached hydrogens (tertiary/aromatic N) is 1. The van der Waals surface area contributed by atoms with E-state index < -0.39 is 17.6 Å². The Kier molecular flexibility index (Phi) is 4.85. The largest absolute Gasteiger partial charge is 0.469 e. The summed E-state index contributed by atoms with van der Waals surface area (Å²) in [7, 11) is 1.34. The third kappa shape index (κ3) is 3.46. The van der Waals surface area contributed by atoms with Crippen molar-refractivity contribution in [2.75, 3.05) is 20.2 Å². The van der Waals surface area contributed by atoms with Gasteiger partial charge in [0.2, 0.25) is 0 Å². The van der Waals surface area contributed by atoms with Crippen LogP contribution in [0.2, 0.25) is 0 Å². The Bertz CT molecular complexity index is 554. The molecule has 1 heterocycles. The van der Waals surface area contributed by atoms with Crippen LogP contribution in [-0.2, 0) is 9.53 Å². The molecule has 0 aliphatic carbocycles. The van der Waals surface area contributed by atoms with Gasteiger partial charge in [-0.3, -0.25) is 9.69 Å². The molecule has 2 atom stereocenters. The zero-order chi connectivity index (χ0) is 16.5. The lowest BCUT2D eigenvalue weighted by molar-refractivity contribution is -0.148. The Morgan fingerprint density at radius 2 is 2.00 bits per heavy atom. The summed E-state index contributed by atoms with van der Waals surface area (Å²) in [5.41, 5.74) is 0.307. The second kappa shape index (κ2) is 6.32. The van der Waals surface area contributed by atoms with Crippen molar-refractivity contribution in [3.63, 3.8) is 0 Å². The maximum Gasteiger partial charge on any atom is 0.309 e. The van der Waals surface area contributed by atoms with E-state index in [2.05, 4.69) is 25.7 Å². The number of rotatable bonds is 2. The highest BCUT2D eigenvalue weighted by molar-refractivity contribution is 5.74. The van der Waals surface area contributed by atoms with E-state index in [9.17, 15) is 13.6 Å². The fourth-order valence-electron chi connectivity index (χ4n) is 3.11. The highest BCUT2D eigenvalue weighted by atomic mass is 19.1. The minimum absolute atomic E-state index is 0.0736. The lowest BCUT2D eigenvalue weighted by atomic mass is 9.79. The average molecular weight is 311 g/mol. The fraction of sp³-hybridized carbons (Fsp3) is 0.588. The number of benzene rings is 1. The molecule has 1 aliphatic heterocycles. The number of esters is 1. The molecule has 122 valence electrons. The summed E-state index contributed by atoms with van der Waals surface area (Å²) in [4.78, 5) is 14.3. The number of piperidine rings is 1. The minimum atomic E-state index is -0.612. The van der Waals surface area contributed by atoms with Crippen LogP contribution in [0.25, 0.3) is 0 Å². The van der Waals surface area contributed by atoms with E-state index in [4.69, 9.17) is 4.74 Å². The van der Waals surface area contributed by atoms with Crippen molar-refractivity contribution in [1.82, 2.24) is 4.90 Å². The Balaban J connectivity index is 2.37. The Morgan fingerprint density at radius 3 is 2.55 bits per heavy atom. The number of likely N-dealkylation sites (tertiary alicyclic amines) is 1. The molecule has 1 aromatic carbocycles. The quantitative estimate of drug-likeness (QED) is 0.785. The second-order valence-electron chi connectivity index (χ2n) is 6.81. The maximum atomic E-state index is 14.2. The molecule has 2 rings (SSSR count). The molecule has 0 unspecified atom stereocenters. The van der Waals surface area contributed by atoms with Crippen LogP contribution in [0.1, 0.15) is 38.7 Å². The van der Waals surface area contributed by atoms with E-state index in [1.54, 1.807) is 0 Å². The smallest absolute Gasteiger partial charge is 0.309 e. The predicted octanol–water partition coefficient (Wildman–Crippen LogP) is 3.34. The van der Waals surface area contributed by atoms with Crippen LogP contribution in [0.3, 0.4) is 0 Å². The molecule has 1 aliphatic rings. The molecule has 0 spiro atoms. The SMILES string of the molecule is COC(=O)[C@H]1CCN(C(C)(C)C)C[C@@H]1c1ccc(F)cc1F. The van der Waals surface area contributed by atoms with Crippen LogP contribution >= 0.6 is 0 Å². The van der Waals surface area contributed by atoms with Gasteiger partial charge in [0.1, 0.15) is 11.6 Å². The third-order valence-electron chi connectivity index (χ3n) is 4.43. The molecule has 1 aromatic rings. The second-order valence-corrected chi connectivity index (χ2v) is 6.81. The lowest BCUT2D eigenvalue weighted by Gasteiger charge is -2.44. The molecule has 5 heteroatoms. The van der Waals surface area contributed by atoms with Crippen molar-refractivity contribution in [3.8, 4) is 0 Å². The number of hydrogen-bond acceptors (Lipinski definition) is 3. The van der Waals surface area contributed by atoms with Crippen LogP contribution in [0.15, 0.2) is 18.2 Å². The molecule has 22 heavy (non-hydrogen) atoms. The molecule has 0 bridgehead atoms. The van der Waals surface area contributed by atoms with Crippen LogP contribution in [0, 0.1) is 17.6 Å². The molecule has 1 fully saturated rings. The van der Waals surface area contributed by atoms with Gasteiger partial charge in [-0.05, 0) is 45.4 Å². The summed E-state index contributed by atoms with van der Waals surface area (Å²) >= 11 is 0. The number of ether oxygens (including phenoxy) is 1. The standard InChI is InChI=1S/C17H23F2NO2/c1-17(2,3)20-8-7-13(16(21)22-4)14(10-20)12-6-5-11(18)9-15(12)19/h5-6,9,13-14H,7-8,10H2,1-4H3/t13-,14+/m0/s1. The van der Waals surface area contributed by atoms with Gasteiger partial charge >= 0.3 is 5.97 Å². The summed E-state index contributed by atoms with van der Waals surface area (Å²) in [6.07, 6.45) is 0.603. The van der Waals surface area contributed by atoms with E-state index in [-0.39, 0.29) is 17.4 Å². The summed E-state index contributed by atoms with van der Waals surface area (Å²) in [6, 6.07) is 3.56. The molecular weight excluding hydrogens is 288 g/mol. The summed E-state index contributed by atoms with van der Waals surface area (Å²) in [5, 5.41) is 0. The van der Waals surface area contributed by atoms with Gasteiger partial charge in [0.05, 0.1) is 13.0 Å². The van der Waals surface area contributed by atoms with Gasteiger partial charge in [0.25, 0.3) is 0 Å². The van der Waals surface area contributed by atoms with E-state index in [0.717, 1.165) is 12.6 Å². The van der Waals surface area contributed by atoms with Crippen LogP contribution in [0.4, 0.5) is 8.78 Å². The average Bonchev–Trinajstić information content (AvgIpc) is 2.45. The van der Waals surface area contributed by atoms with E-state index in [1.807, 2.05) is 0 Å². The third-order valence-corrected chi connectivity index (χ3v) is 4.43. The first-order chi connectivity index (χ1) is 10.2. The van der Waals surface area contributed by atoms with Gasteiger partial charge in [-0.2, -0.15) is 0 Å². The Labute approximate surface area is 130 Å². The van der Waals surface area contributed by atoms with Crippen molar-refractivity contribution in [2.24, 2.45) is 5.92 Å². The molecule has 0 N–H and O–H groups in total. The summed E-state index contributed by atoms with van der Waals surface area (Å²) in [6.45, 7) is 7.56. The van der Waals surface area contributed by atoms with Crippen molar-refractivity contribution < 1.29 is 18.3 Å². The van der Waals surface area contributed by atoms with Gasteiger partial charge < -0.3 is 4.74 Å². The highest BCUT2D eigenvalue weighted by Gasteiger charge is 2.39. The molecule has 0 radical (unpaired) electrons. The normalized spacial score (nSPS) is 23.4. The van der Waals surface area contributed by atoms with E-state index in [1.165, 1.54) is 19.2 Å². The van der Waals surface area contributed by atoms with E-state index >= 15 is 0 Å². The first kappa shape index (κ1) is 16.9. The van der Waals surface area contributed by atoms with Crippen LogP contribution in [0.5, 0.6) is 0 Å². The van der Waals surface area contributed by atoms with Gasteiger partial charge in [-0.15, -0.1) is 0 Å². The number of carbonyl (C=O) groups excluding carboxylic acids is 1. The van der Waals surface area contributed by atoms with Gasteiger partial charge in [0.15, 0.2) is 0 Å². The number of methoxy groups -OCH3 is 1. The molecule has 0 amide bonds. The van der Waals surface area contributed by atoms with Crippen molar-refractivity contribution in [2.45, 2.75) is 38.6 Å². The molecule has 0 saturated carbocycles. The molecule has 1 saturated heterocycles. The first-order valence-corrected chi connectivity index (χ1v) is 7.52. The topological polar surface area (TPSA) is 29.5 Å². The monoisotopic (exact) mass is 311 g/mol. The number of halogens is 2. The Morgan fingerprint density at radius 1 is 1.32 bits per heavy atom. The molecule has 3 nitrogen and oxygen atoms in total. The highest BCUT2D eigenvalue weighted by Crippen LogP contribution is 2.37. The van der Waals surface area contributed by atoms with Crippen molar-refractivity contribution in [3.05, 3.63) is 35.4 Å². The van der Waals surface area contributed by atoms with E-state index in [0.29, 0.717) is 18.5 Å². The minimum Gasteiger partial charge on any atom is -0.469 e. The number of carbonyl (C=O) groups is 1. The van der Waals surface area contributed by atoms with Crippen molar-refractivity contribution >= 4 is 5.97 Å². The first-order valence-electron chi connectivity index (χ1n) is 7.52. The predicted molar refractivity (Wildman–Crippen MR) is 80.5 cm³/mol. The molecule has 0 aromatic heterocycles. The van der Waals surface area contributed by atoms with Crippen LogP contribution in [-0.4, -0.2) is 36.6 Å². The Hall–Kier alpha value is -1.49. The fourth-order valence-corrected chi connectivity index (χ4v) is 3.11. The molecular formula is C17H23F2NO2. The summed E-state index contributed by atoms with van der Waals surface area (Å²) in [5.74, 6) is -2.28. The van der Waals surface area contributed by atoms with Gasteiger partial charge in [-0.1, -0.05) is 6.07 Å². The van der Waals surface area contributed by atoms with Gasteiger partial charge in [0, 0.05) is 24.1 Å². The van der Waals surface area contributed by atoms with Crippen molar-refractivity contribution in [1.29, 1.82) is 0 Å². The number of hydrogen-bond donors (Lipinski definition) is 0. The summed E-state index contributed by atoms with van der Waals surface area (Å²) < 4.78 is 32.2. The van der Waals surface area contributed by atoms with Crippen LogP contribution < -0.4 is 0 Å². The zero-order valence-electron chi connectivity index (χ0n) is 13.5. The van der Waals surface area contributed by atoms with Gasteiger partial charge in [-0.25, -0.2) is 8.78 Å². The zero-order valence-corrected chi connectivity index (χ0v) is 13.5. The maximum absolute atomic E-state index is 14.2. The lowest BCUT2D eigenvalue weighted by Crippen LogP contribution is -2.50.